The van der Waals surface area contributed by atoms with Crippen molar-refractivity contribution in [3.8, 4) is 22.8 Å². The first-order valence-electron chi connectivity index (χ1n) is 5.00. The summed E-state index contributed by atoms with van der Waals surface area (Å²) < 4.78 is 4.42. The van der Waals surface area contributed by atoms with Crippen LogP contribution in [-0.2, 0) is 0 Å². The van der Waals surface area contributed by atoms with Crippen molar-refractivity contribution in [2.24, 2.45) is 0 Å². The van der Waals surface area contributed by atoms with E-state index in [-0.39, 0.29) is 0 Å². The van der Waals surface area contributed by atoms with Gasteiger partial charge in [-0.2, -0.15) is 5.10 Å². The molecule has 0 radical (unpaired) electrons. The lowest BCUT2D eigenvalue weighted by Gasteiger charge is -1.92. The molecule has 0 spiro atoms. The van der Waals surface area contributed by atoms with E-state index in [9.17, 15) is 4.79 Å². The van der Waals surface area contributed by atoms with Gasteiger partial charge >= 0.3 is 5.76 Å². The maximum atomic E-state index is 10.8. The molecule has 0 aliphatic heterocycles. The van der Waals surface area contributed by atoms with Crippen LogP contribution in [0.3, 0.4) is 0 Å². The SMILES string of the molecule is O=c1[nH]c(-c2cc(-c3ccccc3)n[nH]2)no1. The van der Waals surface area contributed by atoms with Gasteiger partial charge in [-0.05, 0) is 6.07 Å². The molecule has 17 heavy (non-hydrogen) atoms. The van der Waals surface area contributed by atoms with Crippen LogP contribution in [0.4, 0.5) is 0 Å². The Balaban J connectivity index is 2.01. The third kappa shape index (κ3) is 1.76. The van der Waals surface area contributed by atoms with Gasteiger partial charge in [0.15, 0.2) is 0 Å². The molecular formula is C11H8N4O2. The predicted molar refractivity (Wildman–Crippen MR) is 60.1 cm³/mol. The minimum Gasteiger partial charge on any atom is -0.296 e. The zero-order valence-electron chi connectivity index (χ0n) is 8.68. The second kappa shape index (κ2) is 3.75. The Morgan fingerprint density at radius 1 is 1.18 bits per heavy atom. The molecule has 0 unspecified atom stereocenters. The molecule has 6 heteroatoms. The second-order valence-corrected chi connectivity index (χ2v) is 3.48. The summed E-state index contributed by atoms with van der Waals surface area (Å²) in [5, 5.41) is 10.5. The zero-order valence-corrected chi connectivity index (χ0v) is 8.68. The van der Waals surface area contributed by atoms with E-state index < -0.39 is 5.76 Å². The average Bonchev–Trinajstić information content (AvgIpc) is 2.98. The molecule has 0 saturated carbocycles. The van der Waals surface area contributed by atoms with Crippen molar-refractivity contribution in [1.82, 2.24) is 20.3 Å². The third-order valence-electron chi connectivity index (χ3n) is 2.34. The number of nitrogens with zero attached hydrogens (tertiary/aromatic N) is 2. The number of benzene rings is 1. The second-order valence-electron chi connectivity index (χ2n) is 3.48. The normalized spacial score (nSPS) is 10.6. The number of hydrogen-bond donors (Lipinski definition) is 2. The zero-order chi connectivity index (χ0) is 11.7. The van der Waals surface area contributed by atoms with Gasteiger partial charge in [-0.1, -0.05) is 35.5 Å². The van der Waals surface area contributed by atoms with E-state index in [2.05, 4.69) is 24.9 Å². The molecule has 0 saturated heterocycles. The quantitative estimate of drug-likeness (QED) is 0.694. The number of nitrogens with one attached hydrogen (secondary N) is 2. The van der Waals surface area contributed by atoms with Crippen LogP contribution < -0.4 is 5.76 Å². The number of H-pyrrole nitrogens is 2. The van der Waals surface area contributed by atoms with Crippen molar-refractivity contribution in [3.63, 3.8) is 0 Å². The average molecular weight is 228 g/mol. The number of hydrogen-bond acceptors (Lipinski definition) is 4. The van der Waals surface area contributed by atoms with Crippen molar-refractivity contribution in [1.29, 1.82) is 0 Å². The first-order valence-corrected chi connectivity index (χ1v) is 5.00. The molecule has 0 amide bonds. The number of rotatable bonds is 2. The monoisotopic (exact) mass is 228 g/mol. The van der Waals surface area contributed by atoms with E-state index >= 15 is 0 Å². The van der Waals surface area contributed by atoms with Crippen molar-refractivity contribution in [2.45, 2.75) is 0 Å². The Bertz CT molecular complexity index is 681. The van der Waals surface area contributed by atoms with Gasteiger partial charge in [-0.15, -0.1) is 0 Å². The molecule has 84 valence electrons. The standard InChI is InChI=1S/C11H8N4O2/c16-11-12-10(15-17-11)9-6-8(13-14-9)7-4-2-1-3-5-7/h1-6H,(H,13,14)(H,12,15,16). The molecular weight excluding hydrogens is 220 g/mol. The van der Waals surface area contributed by atoms with E-state index in [1.807, 2.05) is 30.3 Å². The highest BCUT2D eigenvalue weighted by Gasteiger charge is 2.09. The van der Waals surface area contributed by atoms with Gasteiger partial charge in [0.25, 0.3) is 0 Å². The summed E-state index contributed by atoms with van der Waals surface area (Å²) in [6.07, 6.45) is 0. The summed E-state index contributed by atoms with van der Waals surface area (Å²) in [4.78, 5) is 13.3. The molecule has 0 atom stereocenters. The van der Waals surface area contributed by atoms with Crippen LogP contribution in [-0.4, -0.2) is 20.3 Å². The van der Waals surface area contributed by atoms with Crippen LogP contribution in [0.5, 0.6) is 0 Å². The largest absolute Gasteiger partial charge is 0.439 e. The topological polar surface area (TPSA) is 87.6 Å². The van der Waals surface area contributed by atoms with E-state index in [0.29, 0.717) is 11.5 Å². The molecule has 3 aromatic rings. The Hall–Kier alpha value is -2.63. The minimum absolute atomic E-state index is 0.338. The van der Waals surface area contributed by atoms with Gasteiger partial charge in [0.05, 0.1) is 5.69 Å². The fourth-order valence-electron chi connectivity index (χ4n) is 1.55. The van der Waals surface area contributed by atoms with E-state index in [4.69, 9.17) is 0 Å². The first kappa shape index (κ1) is 9.59. The van der Waals surface area contributed by atoms with Crippen molar-refractivity contribution in [2.75, 3.05) is 0 Å². The Morgan fingerprint density at radius 2 is 2.00 bits per heavy atom. The summed E-state index contributed by atoms with van der Waals surface area (Å²) in [5.74, 6) is -0.249. The Labute approximate surface area is 95.3 Å². The van der Waals surface area contributed by atoms with Crippen LogP contribution in [0.15, 0.2) is 45.7 Å². The first-order chi connectivity index (χ1) is 8.33. The van der Waals surface area contributed by atoms with Gasteiger partial charge in [0, 0.05) is 5.56 Å². The van der Waals surface area contributed by atoms with Gasteiger partial charge in [0.1, 0.15) is 5.69 Å². The third-order valence-corrected chi connectivity index (χ3v) is 2.34. The summed E-state index contributed by atoms with van der Waals surface area (Å²) >= 11 is 0. The van der Waals surface area contributed by atoms with Gasteiger partial charge in [0.2, 0.25) is 5.82 Å². The minimum atomic E-state index is -0.587. The molecule has 2 N–H and O–H groups in total. The number of aromatic nitrogens is 4. The summed E-state index contributed by atoms with van der Waals surface area (Å²) in [6, 6.07) is 11.5. The van der Waals surface area contributed by atoms with Crippen LogP contribution in [0.2, 0.25) is 0 Å². The lowest BCUT2D eigenvalue weighted by atomic mass is 10.1. The summed E-state index contributed by atoms with van der Waals surface area (Å²) in [6.45, 7) is 0. The Kier molecular flexibility index (Phi) is 2.11. The lowest BCUT2D eigenvalue weighted by molar-refractivity contribution is 0.387. The summed E-state index contributed by atoms with van der Waals surface area (Å²) in [7, 11) is 0. The molecule has 0 fully saturated rings. The van der Waals surface area contributed by atoms with Gasteiger partial charge < -0.3 is 0 Å². The van der Waals surface area contributed by atoms with Crippen molar-refractivity contribution < 1.29 is 4.52 Å². The Morgan fingerprint density at radius 3 is 2.71 bits per heavy atom. The summed E-state index contributed by atoms with van der Waals surface area (Å²) in [5.41, 5.74) is 2.37. The van der Waals surface area contributed by atoms with Crippen molar-refractivity contribution >= 4 is 0 Å². The molecule has 1 aromatic carbocycles. The van der Waals surface area contributed by atoms with Crippen LogP contribution in [0.1, 0.15) is 0 Å². The van der Waals surface area contributed by atoms with Gasteiger partial charge in [-0.25, -0.2) is 4.79 Å². The fourth-order valence-corrected chi connectivity index (χ4v) is 1.55. The van der Waals surface area contributed by atoms with E-state index in [1.54, 1.807) is 6.07 Å². The molecule has 6 nitrogen and oxygen atoms in total. The smallest absolute Gasteiger partial charge is 0.296 e. The van der Waals surface area contributed by atoms with Gasteiger partial charge in [-0.3, -0.25) is 14.6 Å². The highest BCUT2D eigenvalue weighted by molar-refractivity contribution is 5.64. The predicted octanol–water partition coefficient (Wildman–Crippen LogP) is 1.42. The van der Waals surface area contributed by atoms with Crippen LogP contribution in [0.25, 0.3) is 22.8 Å². The molecule has 3 rings (SSSR count). The molecule has 0 aliphatic carbocycles. The van der Waals surface area contributed by atoms with E-state index in [0.717, 1.165) is 11.3 Å². The van der Waals surface area contributed by atoms with E-state index in [1.165, 1.54) is 0 Å². The van der Waals surface area contributed by atoms with Crippen molar-refractivity contribution in [3.05, 3.63) is 46.9 Å². The molecule has 0 bridgehead atoms. The lowest BCUT2D eigenvalue weighted by Crippen LogP contribution is -1.94. The molecule has 0 aliphatic rings. The maximum absolute atomic E-state index is 10.8. The fraction of sp³-hybridized carbons (Fsp3) is 0. The van der Waals surface area contributed by atoms with Crippen LogP contribution >= 0.6 is 0 Å². The molecule has 2 heterocycles. The maximum Gasteiger partial charge on any atom is 0.439 e. The highest BCUT2D eigenvalue weighted by atomic mass is 16.5. The number of aromatic amines is 2. The molecule has 2 aromatic heterocycles. The van der Waals surface area contributed by atoms with Crippen LogP contribution in [0, 0.1) is 0 Å². The highest BCUT2D eigenvalue weighted by Crippen LogP contribution is 2.20.